The second-order valence-corrected chi connectivity index (χ2v) is 4.45. The lowest BCUT2D eigenvalue weighted by Gasteiger charge is -2.20. The van der Waals surface area contributed by atoms with Gasteiger partial charge in [0, 0.05) is 11.5 Å². The first-order chi connectivity index (χ1) is 3.68. The Hall–Kier alpha value is 1.40. The van der Waals surface area contributed by atoms with Gasteiger partial charge in [-0.15, -0.1) is 11.8 Å². The van der Waals surface area contributed by atoms with Gasteiger partial charge in [0.05, 0.1) is 4.08 Å². The van der Waals surface area contributed by atoms with E-state index in [0.717, 1.165) is 11.5 Å². The quantitative estimate of drug-likeness (QED) is 0.447. The van der Waals surface area contributed by atoms with E-state index in [-0.39, 0.29) is 4.08 Å². The van der Waals surface area contributed by atoms with Crippen molar-refractivity contribution < 1.29 is 0 Å². The van der Waals surface area contributed by atoms with Crippen molar-refractivity contribution in [2.75, 3.05) is 17.8 Å². The lowest BCUT2D eigenvalue weighted by atomic mass is 10.5. The molecular weight excluding hydrogens is 176 g/mol. The van der Waals surface area contributed by atoms with Crippen LogP contribution in [0.25, 0.3) is 0 Å². The van der Waals surface area contributed by atoms with E-state index >= 15 is 0 Å². The summed E-state index contributed by atoms with van der Waals surface area (Å²) >= 11 is 14.2. The van der Waals surface area contributed by atoms with Crippen molar-refractivity contribution in [2.45, 2.75) is 4.08 Å². The molecule has 0 radical (unpaired) electrons. The second kappa shape index (κ2) is 4.25. The highest BCUT2D eigenvalue weighted by molar-refractivity contribution is 8.12. The third kappa shape index (κ3) is 2.80. The molecule has 0 bridgehead atoms. The van der Waals surface area contributed by atoms with E-state index in [1.54, 1.807) is 11.8 Å². The first-order valence-electron chi connectivity index (χ1n) is 2.18. The highest BCUT2D eigenvalue weighted by atomic mass is 32.2. The van der Waals surface area contributed by atoms with Gasteiger partial charge in [-0.25, -0.2) is 0 Å². The fraction of sp³-hybridized carbons (Fsp3) is 1.00. The second-order valence-electron chi connectivity index (χ2n) is 1.47. The maximum atomic E-state index is 4.33. The molecule has 0 spiro atoms. The Kier molecular flexibility index (Phi) is 5.00. The molecule has 50 valence electrons. The number of rotatable bonds is 3. The van der Waals surface area contributed by atoms with E-state index in [9.17, 15) is 0 Å². The molecule has 0 aromatic carbocycles. The minimum absolute atomic E-state index is 0.0355. The average Bonchev–Trinajstić information content (AvgIpc) is 1.87. The third-order valence-corrected chi connectivity index (χ3v) is 4.79. The molecule has 0 amide bonds. The minimum Gasteiger partial charge on any atom is -0.177 e. The third-order valence-electron chi connectivity index (χ3n) is 0.874. The molecule has 0 aromatic heterocycles. The summed E-state index contributed by atoms with van der Waals surface area (Å²) < 4.78 is -0.0355. The Labute approximate surface area is 71.4 Å². The Morgan fingerprint density at radius 2 is 1.75 bits per heavy atom. The van der Waals surface area contributed by atoms with Gasteiger partial charge in [-0.3, -0.25) is 0 Å². The maximum Gasteiger partial charge on any atom is 0.0753 e. The van der Waals surface area contributed by atoms with Crippen LogP contribution in [0.15, 0.2) is 0 Å². The lowest BCUT2D eigenvalue weighted by Crippen LogP contribution is -2.20. The van der Waals surface area contributed by atoms with Crippen LogP contribution in [0.4, 0.5) is 0 Å². The smallest absolute Gasteiger partial charge is 0.0753 e. The highest BCUT2D eigenvalue weighted by Gasteiger charge is 2.19. The first-order valence-corrected chi connectivity index (χ1v) is 5.11. The van der Waals surface area contributed by atoms with E-state index < -0.39 is 0 Å². The van der Waals surface area contributed by atoms with Crippen LogP contribution in [-0.2, 0) is 0 Å². The fourth-order valence-corrected chi connectivity index (χ4v) is 1.61. The molecule has 0 aromatic rings. The monoisotopic (exact) mass is 186 g/mol. The molecule has 0 rings (SSSR count). The molecule has 8 heavy (non-hydrogen) atoms. The Morgan fingerprint density at radius 3 is 1.75 bits per heavy atom. The zero-order valence-corrected chi connectivity index (χ0v) is 8.16. The van der Waals surface area contributed by atoms with Crippen LogP contribution in [0.1, 0.15) is 0 Å². The molecule has 0 aliphatic rings. The molecule has 4 heteroatoms. The number of thioether (sulfide) groups is 1. The molecular formula is C4H10S4. The van der Waals surface area contributed by atoms with Crippen molar-refractivity contribution in [1.82, 2.24) is 0 Å². The zero-order chi connectivity index (χ0) is 6.62. The summed E-state index contributed by atoms with van der Waals surface area (Å²) in [5, 5.41) is 0. The van der Waals surface area contributed by atoms with Crippen LogP contribution in [0.3, 0.4) is 0 Å². The molecule has 0 heterocycles. The van der Waals surface area contributed by atoms with Gasteiger partial charge in [0.1, 0.15) is 0 Å². The minimum atomic E-state index is -0.0355. The Balaban J connectivity index is 3.58. The van der Waals surface area contributed by atoms with Crippen LogP contribution < -0.4 is 0 Å². The SMILES string of the molecule is CSC(S)(CS)CS. The van der Waals surface area contributed by atoms with Crippen molar-refractivity contribution in [3.63, 3.8) is 0 Å². The molecule has 0 aliphatic carbocycles. The summed E-state index contributed by atoms with van der Waals surface area (Å²) in [4.78, 5) is 0. The molecule has 0 nitrogen and oxygen atoms in total. The zero-order valence-electron chi connectivity index (χ0n) is 4.66. The van der Waals surface area contributed by atoms with Crippen molar-refractivity contribution in [3.8, 4) is 0 Å². The van der Waals surface area contributed by atoms with E-state index in [1.807, 2.05) is 6.26 Å². The van der Waals surface area contributed by atoms with E-state index in [4.69, 9.17) is 0 Å². The van der Waals surface area contributed by atoms with Gasteiger partial charge in [-0.1, -0.05) is 0 Å². The van der Waals surface area contributed by atoms with Gasteiger partial charge in [0.2, 0.25) is 0 Å². The van der Waals surface area contributed by atoms with Crippen LogP contribution >= 0.6 is 49.6 Å². The fourth-order valence-electron chi connectivity index (χ4n) is 0.179. The van der Waals surface area contributed by atoms with Crippen LogP contribution in [0.5, 0.6) is 0 Å². The molecule has 0 aliphatic heterocycles. The van der Waals surface area contributed by atoms with Gasteiger partial charge in [-0.05, 0) is 6.26 Å². The topological polar surface area (TPSA) is 0 Å². The summed E-state index contributed by atoms with van der Waals surface area (Å²) in [7, 11) is 0. The normalized spacial score (nSPS) is 12.0. The average molecular weight is 186 g/mol. The van der Waals surface area contributed by atoms with Crippen LogP contribution in [0.2, 0.25) is 0 Å². The predicted octanol–water partition coefficient (Wildman–Crippen LogP) is 1.84. The van der Waals surface area contributed by atoms with Gasteiger partial charge in [0.15, 0.2) is 0 Å². The molecule has 0 saturated heterocycles. The summed E-state index contributed by atoms with van der Waals surface area (Å²) in [6, 6.07) is 0. The van der Waals surface area contributed by atoms with Gasteiger partial charge in [0.25, 0.3) is 0 Å². The molecule has 0 saturated carbocycles. The largest absolute Gasteiger partial charge is 0.177 e. The number of thiol groups is 3. The predicted molar refractivity (Wildman–Crippen MR) is 52.9 cm³/mol. The Morgan fingerprint density at radius 1 is 1.38 bits per heavy atom. The molecule has 0 unspecified atom stereocenters. The lowest BCUT2D eigenvalue weighted by molar-refractivity contribution is 1.09. The van der Waals surface area contributed by atoms with E-state index in [1.165, 1.54) is 0 Å². The van der Waals surface area contributed by atoms with Crippen LogP contribution in [0, 0.1) is 0 Å². The molecule has 0 fully saturated rings. The van der Waals surface area contributed by atoms with Crippen LogP contribution in [-0.4, -0.2) is 21.8 Å². The maximum absolute atomic E-state index is 4.33. The van der Waals surface area contributed by atoms with Crippen molar-refractivity contribution in [3.05, 3.63) is 0 Å². The molecule has 0 atom stereocenters. The molecule has 0 N–H and O–H groups in total. The van der Waals surface area contributed by atoms with E-state index in [0.29, 0.717) is 0 Å². The Bertz CT molecular complexity index is 50.8. The van der Waals surface area contributed by atoms with Crippen molar-refractivity contribution >= 4 is 49.6 Å². The van der Waals surface area contributed by atoms with Crippen molar-refractivity contribution in [1.29, 1.82) is 0 Å². The highest BCUT2D eigenvalue weighted by Crippen LogP contribution is 2.29. The number of hydrogen-bond acceptors (Lipinski definition) is 4. The summed E-state index contributed by atoms with van der Waals surface area (Å²) in [5.74, 6) is 1.53. The van der Waals surface area contributed by atoms with Gasteiger partial charge < -0.3 is 0 Å². The van der Waals surface area contributed by atoms with Gasteiger partial charge >= 0.3 is 0 Å². The summed E-state index contributed by atoms with van der Waals surface area (Å²) in [5.41, 5.74) is 0. The summed E-state index contributed by atoms with van der Waals surface area (Å²) in [6.07, 6.45) is 2.01. The first kappa shape index (κ1) is 9.40. The standard InChI is InChI=1S/C4H10S4/c1-8-4(7,2-5)3-6/h5-7H,2-3H2,1H3. The summed E-state index contributed by atoms with van der Waals surface area (Å²) in [6.45, 7) is 0. The van der Waals surface area contributed by atoms with Gasteiger partial charge in [-0.2, -0.15) is 37.9 Å². The number of hydrogen-bond donors (Lipinski definition) is 3. The van der Waals surface area contributed by atoms with E-state index in [2.05, 4.69) is 37.9 Å². The van der Waals surface area contributed by atoms with Crippen molar-refractivity contribution in [2.24, 2.45) is 0 Å².